The zero-order chi connectivity index (χ0) is 30.5. The molecule has 0 fully saturated rings. The second-order valence-corrected chi connectivity index (χ2v) is 12.0. The van der Waals surface area contributed by atoms with E-state index in [1.165, 1.54) is 87.6 Å². The maximum atomic E-state index is 2.32. The maximum Gasteiger partial charge on any atom is -0.00137 e. The third kappa shape index (κ3) is 4.15. The van der Waals surface area contributed by atoms with Gasteiger partial charge >= 0.3 is 0 Å². The Bertz CT molecular complexity index is 2410. The first-order valence-electron chi connectivity index (χ1n) is 16.0. The molecule has 0 saturated heterocycles. The van der Waals surface area contributed by atoms with Crippen molar-refractivity contribution in [2.24, 2.45) is 0 Å². The summed E-state index contributed by atoms with van der Waals surface area (Å²) >= 11 is 0. The van der Waals surface area contributed by atoms with Crippen molar-refractivity contribution in [1.29, 1.82) is 0 Å². The Labute approximate surface area is 268 Å². The SMILES string of the molecule is c1ccc(-c2c3cccc(-c4cccc5ccccc45)c3c(-c3ccccc3)c3c(-c4cccc5ccccc45)cccc23)cc1. The molecule has 46 heavy (non-hydrogen) atoms. The minimum atomic E-state index is 1.22. The molecule has 0 nitrogen and oxygen atoms in total. The first-order valence-corrected chi connectivity index (χ1v) is 16.0. The predicted octanol–water partition coefficient (Wildman–Crippen LogP) is 13.0. The van der Waals surface area contributed by atoms with Crippen molar-refractivity contribution < 1.29 is 0 Å². The third-order valence-electron chi connectivity index (χ3n) is 9.45. The van der Waals surface area contributed by atoms with Crippen LogP contribution in [0.3, 0.4) is 0 Å². The van der Waals surface area contributed by atoms with Gasteiger partial charge in [-0.15, -0.1) is 0 Å². The highest BCUT2D eigenvalue weighted by atomic mass is 14.3. The van der Waals surface area contributed by atoms with E-state index in [1.807, 2.05) is 0 Å². The molecule has 9 aromatic rings. The first-order chi connectivity index (χ1) is 22.9. The Morgan fingerprint density at radius 1 is 0.217 bits per heavy atom. The van der Waals surface area contributed by atoms with E-state index >= 15 is 0 Å². The van der Waals surface area contributed by atoms with Crippen LogP contribution in [0.1, 0.15) is 0 Å². The van der Waals surface area contributed by atoms with Gasteiger partial charge in [0.05, 0.1) is 0 Å². The first kappa shape index (κ1) is 26.4. The molecule has 0 bridgehead atoms. The molecule has 0 heterocycles. The summed E-state index contributed by atoms with van der Waals surface area (Å²) in [6.07, 6.45) is 0. The van der Waals surface area contributed by atoms with Gasteiger partial charge in [-0.1, -0.05) is 182 Å². The molecule has 9 aromatic carbocycles. The van der Waals surface area contributed by atoms with E-state index in [0.717, 1.165) is 0 Å². The van der Waals surface area contributed by atoms with Gasteiger partial charge in [0, 0.05) is 0 Å². The zero-order valence-electron chi connectivity index (χ0n) is 25.3. The Balaban J connectivity index is 1.56. The topological polar surface area (TPSA) is 0 Å². The molecule has 0 atom stereocenters. The van der Waals surface area contributed by atoms with Crippen molar-refractivity contribution in [2.75, 3.05) is 0 Å². The largest absolute Gasteiger partial charge is 0.0622 e. The maximum absolute atomic E-state index is 2.32. The quantitative estimate of drug-likeness (QED) is 0.181. The van der Waals surface area contributed by atoms with Crippen molar-refractivity contribution in [2.45, 2.75) is 0 Å². The number of hydrogen-bond donors (Lipinski definition) is 0. The second-order valence-electron chi connectivity index (χ2n) is 12.0. The van der Waals surface area contributed by atoms with Crippen molar-refractivity contribution in [3.63, 3.8) is 0 Å². The van der Waals surface area contributed by atoms with Crippen LogP contribution in [-0.4, -0.2) is 0 Å². The average Bonchev–Trinajstić information content (AvgIpc) is 3.13. The summed E-state index contributed by atoms with van der Waals surface area (Å²) in [5, 5.41) is 10.1. The summed E-state index contributed by atoms with van der Waals surface area (Å²) in [7, 11) is 0. The molecule has 0 aliphatic heterocycles. The van der Waals surface area contributed by atoms with Gasteiger partial charge in [-0.2, -0.15) is 0 Å². The van der Waals surface area contributed by atoms with Crippen LogP contribution in [0.2, 0.25) is 0 Å². The van der Waals surface area contributed by atoms with E-state index in [1.54, 1.807) is 0 Å². The summed E-state index contributed by atoms with van der Waals surface area (Å²) in [6, 6.07) is 66.6. The lowest BCUT2D eigenvalue weighted by Gasteiger charge is -2.23. The standard InChI is InChI=1S/C46H30/c1-3-17-33(18-4-1)43-41-29-13-27-39(37-25-11-21-31-15-7-9-23-35(31)37)45(41)44(34-19-5-2-6-20-34)46-40(28-14-30-42(43)46)38-26-12-22-32-16-8-10-24-36(32)38/h1-30H. The monoisotopic (exact) mass is 582 g/mol. The molecule has 9 rings (SSSR count). The molecule has 0 aliphatic rings. The third-order valence-corrected chi connectivity index (χ3v) is 9.45. The summed E-state index contributed by atoms with van der Waals surface area (Å²) in [5.41, 5.74) is 10.00. The van der Waals surface area contributed by atoms with Gasteiger partial charge in [0.15, 0.2) is 0 Å². The van der Waals surface area contributed by atoms with E-state index in [-0.39, 0.29) is 0 Å². The highest BCUT2D eigenvalue weighted by Gasteiger charge is 2.23. The van der Waals surface area contributed by atoms with Gasteiger partial charge in [-0.05, 0) is 87.6 Å². The van der Waals surface area contributed by atoms with E-state index in [4.69, 9.17) is 0 Å². The van der Waals surface area contributed by atoms with E-state index in [0.29, 0.717) is 0 Å². The van der Waals surface area contributed by atoms with E-state index in [2.05, 4.69) is 182 Å². The molecule has 0 unspecified atom stereocenters. The fourth-order valence-electron chi connectivity index (χ4n) is 7.51. The number of benzene rings is 9. The lowest BCUT2D eigenvalue weighted by atomic mass is 9.80. The van der Waals surface area contributed by atoms with Crippen LogP contribution in [0, 0.1) is 0 Å². The second kappa shape index (κ2) is 10.9. The lowest BCUT2D eigenvalue weighted by Crippen LogP contribution is -1.95. The minimum absolute atomic E-state index is 1.22. The Morgan fingerprint density at radius 2 is 0.565 bits per heavy atom. The number of rotatable bonds is 4. The van der Waals surface area contributed by atoms with Crippen molar-refractivity contribution in [3.8, 4) is 44.5 Å². The fraction of sp³-hybridized carbons (Fsp3) is 0. The number of fused-ring (bicyclic) bond motifs is 4. The fourth-order valence-corrected chi connectivity index (χ4v) is 7.51. The number of hydrogen-bond acceptors (Lipinski definition) is 0. The molecule has 0 amide bonds. The molecule has 214 valence electrons. The smallest absolute Gasteiger partial charge is 0.00137 e. The van der Waals surface area contributed by atoms with Crippen LogP contribution in [0.15, 0.2) is 182 Å². The van der Waals surface area contributed by atoms with Crippen molar-refractivity contribution in [3.05, 3.63) is 182 Å². The molecule has 0 aromatic heterocycles. The molecular weight excluding hydrogens is 553 g/mol. The summed E-state index contributed by atoms with van der Waals surface area (Å²) in [6.45, 7) is 0. The van der Waals surface area contributed by atoms with E-state index < -0.39 is 0 Å². The summed E-state index contributed by atoms with van der Waals surface area (Å²) in [5.74, 6) is 0. The summed E-state index contributed by atoms with van der Waals surface area (Å²) < 4.78 is 0. The van der Waals surface area contributed by atoms with Gasteiger partial charge < -0.3 is 0 Å². The molecule has 0 N–H and O–H groups in total. The minimum Gasteiger partial charge on any atom is -0.0622 e. The molecule has 0 radical (unpaired) electrons. The van der Waals surface area contributed by atoms with Crippen molar-refractivity contribution >= 4 is 43.1 Å². The van der Waals surface area contributed by atoms with Crippen LogP contribution in [-0.2, 0) is 0 Å². The van der Waals surface area contributed by atoms with Gasteiger partial charge in [0.2, 0.25) is 0 Å². The zero-order valence-corrected chi connectivity index (χ0v) is 25.3. The predicted molar refractivity (Wildman–Crippen MR) is 198 cm³/mol. The van der Waals surface area contributed by atoms with Gasteiger partial charge in [0.1, 0.15) is 0 Å². The summed E-state index contributed by atoms with van der Waals surface area (Å²) in [4.78, 5) is 0. The van der Waals surface area contributed by atoms with Crippen LogP contribution < -0.4 is 0 Å². The van der Waals surface area contributed by atoms with Crippen LogP contribution in [0.25, 0.3) is 87.6 Å². The van der Waals surface area contributed by atoms with Crippen molar-refractivity contribution in [1.82, 2.24) is 0 Å². The highest BCUT2D eigenvalue weighted by molar-refractivity contribution is 6.28. The average molecular weight is 583 g/mol. The van der Waals surface area contributed by atoms with Crippen LogP contribution in [0.4, 0.5) is 0 Å². The molecule has 0 spiro atoms. The highest BCUT2D eigenvalue weighted by Crippen LogP contribution is 2.50. The van der Waals surface area contributed by atoms with Gasteiger partial charge in [0.25, 0.3) is 0 Å². The molecular formula is C46H30. The van der Waals surface area contributed by atoms with Gasteiger partial charge in [-0.25, -0.2) is 0 Å². The normalized spacial score (nSPS) is 11.5. The lowest BCUT2D eigenvalue weighted by molar-refractivity contribution is 1.63. The molecule has 0 heteroatoms. The Hall–Kier alpha value is -5.98. The molecule has 0 aliphatic carbocycles. The van der Waals surface area contributed by atoms with Crippen LogP contribution >= 0.6 is 0 Å². The van der Waals surface area contributed by atoms with Gasteiger partial charge in [-0.3, -0.25) is 0 Å². The van der Waals surface area contributed by atoms with Crippen LogP contribution in [0.5, 0.6) is 0 Å². The Morgan fingerprint density at radius 3 is 1.07 bits per heavy atom. The Kier molecular flexibility index (Phi) is 6.25. The van der Waals surface area contributed by atoms with E-state index in [9.17, 15) is 0 Å². The molecule has 0 saturated carbocycles.